The van der Waals surface area contributed by atoms with Crippen LogP contribution in [0.2, 0.25) is 0 Å². The third-order valence-electron chi connectivity index (χ3n) is 4.29. The lowest BCUT2D eigenvalue weighted by Crippen LogP contribution is -2.09. The first-order valence-electron chi connectivity index (χ1n) is 9.66. The lowest BCUT2D eigenvalue weighted by Gasteiger charge is -2.07. The summed E-state index contributed by atoms with van der Waals surface area (Å²) in [7, 11) is 0. The van der Waals surface area contributed by atoms with Crippen molar-refractivity contribution in [2.75, 3.05) is 11.9 Å². The summed E-state index contributed by atoms with van der Waals surface area (Å²) >= 11 is 1.77. The number of carbonyl (C=O) groups excluding carboxylic acids is 1. The Bertz CT molecular complexity index is 1300. The number of amides is 1. The highest BCUT2D eigenvalue weighted by Crippen LogP contribution is 2.41. The van der Waals surface area contributed by atoms with Crippen LogP contribution in [0.4, 0.5) is 14.5 Å². The monoisotopic (exact) mass is 485 g/mol. The maximum atomic E-state index is 14.2. The molecular formula is C22H16FN3O5S2. The third-order valence-corrected chi connectivity index (χ3v) is 6.17. The van der Waals surface area contributed by atoms with Crippen LogP contribution < -0.4 is 14.8 Å². The highest BCUT2D eigenvalue weighted by Gasteiger charge is 2.21. The van der Waals surface area contributed by atoms with Gasteiger partial charge in [-0.25, -0.2) is 9.37 Å². The van der Waals surface area contributed by atoms with E-state index in [0.717, 1.165) is 22.7 Å². The molecule has 0 saturated carbocycles. The Kier molecular flexibility index (Phi) is 6.61. The Morgan fingerprint density at radius 1 is 1.12 bits per heavy atom. The van der Waals surface area contributed by atoms with E-state index in [2.05, 4.69) is 10.3 Å². The fraction of sp³-hybridized carbons (Fsp3) is 0.0909. The number of nitrogens with one attached hydrogen (secondary N) is 1. The van der Waals surface area contributed by atoms with Crippen LogP contribution in [-0.2, 0) is 0 Å². The first-order valence-corrected chi connectivity index (χ1v) is 11.3. The number of aromatic nitrogens is 1. The summed E-state index contributed by atoms with van der Waals surface area (Å²) in [6.45, 7) is 2.40. The van der Waals surface area contributed by atoms with Gasteiger partial charge < -0.3 is 9.47 Å². The van der Waals surface area contributed by atoms with Gasteiger partial charge >= 0.3 is 5.00 Å². The predicted octanol–water partition coefficient (Wildman–Crippen LogP) is 6.36. The lowest BCUT2D eigenvalue weighted by molar-refractivity contribution is -0.380. The van der Waals surface area contributed by atoms with Crippen LogP contribution in [0.25, 0.3) is 11.3 Å². The summed E-state index contributed by atoms with van der Waals surface area (Å²) in [6.07, 6.45) is 0. The number of rotatable bonds is 8. The molecule has 0 atom stereocenters. The van der Waals surface area contributed by atoms with Crippen molar-refractivity contribution >= 4 is 38.7 Å². The zero-order chi connectivity index (χ0) is 23.4. The molecule has 1 amide bonds. The van der Waals surface area contributed by atoms with Crippen molar-refractivity contribution in [1.29, 1.82) is 0 Å². The SMILES string of the molecule is CCOc1ccc(-c2nc(NC(=O)c3ccc([N+](=O)[O-])s3)sc2Oc2ccccc2F)cc1. The number of halogens is 1. The maximum absolute atomic E-state index is 14.2. The van der Waals surface area contributed by atoms with Crippen LogP contribution in [0.5, 0.6) is 16.6 Å². The Morgan fingerprint density at radius 3 is 2.55 bits per heavy atom. The molecule has 0 fully saturated rings. The number of para-hydroxylation sites is 1. The molecule has 0 saturated heterocycles. The van der Waals surface area contributed by atoms with Gasteiger partial charge in [-0.05, 0) is 49.4 Å². The van der Waals surface area contributed by atoms with E-state index < -0.39 is 16.6 Å². The second-order valence-corrected chi connectivity index (χ2v) is 8.52. The van der Waals surface area contributed by atoms with Gasteiger partial charge in [0.25, 0.3) is 5.91 Å². The smallest absolute Gasteiger partial charge is 0.324 e. The third kappa shape index (κ3) is 5.16. The van der Waals surface area contributed by atoms with Crippen LogP contribution in [0.3, 0.4) is 0 Å². The van der Waals surface area contributed by atoms with Crippen LogP contribution in [0, 0.1) is 15.9 Å². The number of nitrogens with zero attached hydrogens (tertiary/aromatic N) is 2. The zero-order valence-corrected chi connectivity index (χ0v) is 18.7. The minimum absolute atomic E-state index is 0.0140. The zero-order valence-electron chi connectivity index (χ0n) is 17.1. The van der Waals surface area contributed by atoms with Gasteiger partial charge in [-0.2, -0.15) is 0 Å². The molecule has 11 heteroatoms. The molecule has 8 nitrogen and oxygen atoms in total. The van der Waals surface area contributed by atoms with Gasteiger partial charge in [-0.1, -0.05) is 34.8 Å². The maximum Gasteiger partial charge on any atom is 0.324 e. The van der Waals surface area contributed by atoms with Crippen molar-refractivity contribution in [1.82, 2.24) is 4.98 Å². The predicted molar refractivity (Wildman–Crippen MR) is 124 cm³/mol. The summed E-state index contributed by atoms with van der Waals surface area (Å²) in [5.74, 6) is -0.390. The highest BCUT2D eigenvalue weighted by molar-refractivity contribution is 7.19. The van der Waals surface area contributed by atoms with Crippen molar-refractivity contribution < 1.29 is 23.6 Å². The lowest BCUT2D eigenvalue weighted by atomic mass is 10.1. The number of anilines is 1. The summed E-state index contributed by atoms with van der Waals surface area (Å²) in [5, 5.41) is 13.8. The minimum atomic E-state index is -0.560. The Labute approximate surface area is 195 Å². The van der Waals surface area contributed by atoms with Gasteiger partial charge in [-0.3, -0.25) is 20.2 Å². The molecule has 0 aliphatic carbocycles. The molecular weight excluding hydrogens is 469 g/mol. The minimum Gasteiger partial charge on any atom is -0.494 e. The van der Waals surface area contributed by atoms with Gasteiger partial charge in [0.1, 0.15) is 11.4 Å². The van der Waals surface area contributed by atoms with Crippen LogP contribution >= 0.6 is 22.7 Å². The number of benzene rings is 2. The Balaban J connectivity index is 1.65. The second-order valence-electron chi connectivity index (χ2n) is 6.49. The van der Waals surface area contributed by atoms with E-state index in [4.69, 9.17) is 9.47 Å². The van der Waals surface area contributed by atoms with Crippen molar-refractivity contribution in [3.05, 3.63) is 81.5 Å². The molecule has 2 aromatic carbocycles. The number of hydrogen-bond donors (Lipinski definition) is 1. The van der Waals surface area contributed by atoms with E-state index in [1.54, 1.807) is 36.4 Å². The number of carbonyl (C=O) groups is 1. The molecule has 33 heavy (non-hydrogen) atoms. The number of ether oxygens (including phenoxy) is 2. The quantitative estimate of drug-likeness (QED) is 0.230. The average Bonchev–Trinajstić information content (AvgIpc) is 3.44. The van der Waals surface area contributed by atoms with E-state index >= 15 is 0 Å². The summed E-state index contributed by atoms with van der Waals surface area (Å²) in [6, 6.07) is 15.7. The largest absolute Gasteiger partial charge is 0.494 e. The van der Waals surface area contributed by atoms with Gasteiger partial charge in [0, 0.05) is 11.6 Å². The summed E-state index contributed by atoms with van der Waals surface area (Å²) < 4.78 is 25.4. The fourth-order valence-electron chi connectivity index (χ4n) is 2.82. The molecule has 0 aliphatic rings. The fourth-order valence-corrected chi connectivity index (χ4v) is 4.38. The summed E-state index contributed by atoms with van der Waals surface area (Å²) in [5.41, 5.74) is 1.08. The van der Waals surface area contributed by atoms with Gasteiger partial charge in [0.05, 0.1) is 16.4 Å². The molecule has 0 unspecified atom stereocenters. The van der Waals surface area contributed by atoms with E-state index in [9.17, 15) is 19.3 Å². The molecule has 0 spiro atoms. The van der Waals surface area contributed by atoms with Crippen LogP contribution in [-0.4, -0.2) is 22.4 Å². The van der Waals surface area contributed by atoms with E-state index in [-0.39, 0.29) is 25.8 Å². The molecule has 2 aromatic heterocycles. The molecule has 1 N–H and O–H groups in total. The normalized spacial score (nSPS) is 10.6. The highest BCUT2D eigenvalue weighted by atomic mass is 32.1. The van der Waals surface area contributed by atoms with Gasteiger partial charge in [-0.15, -0.1) is 0 Å². The molecule has 4 rings (SSSR count). The Morgan fingerprint density at radius 2 is 1.88 bits per heavy atom. The molecule has 0 radical (unpaired) electrons. The van der Waals surface area contributed by atoms with Crippen LogP contribution in [0.15, 0.2) is 60.7 Å². The molecule has 2 heterocycles. The van der Waals surface area contributed by atoms with E-state index in [1.165, 1.54) is 24.3 Å². The molecule has 0 bridgehead atoms. The van der Waals surface area contributed by atoms with Crippen molar-refractivity contribution in [3.8, 4) is 27.8 Å². The van der Waals surface area contributed by atoms with Crippen LogP contribution in [0.1, 0.15) is 16.6 Å². The molecule has 0 aliphatic heterocycles. The van der Waals surface area contributed by atoms with E-state index in [0.29, 0.717) is 23.6 Å². The summed E-state index contributed by atoms with van der Waals surface area (Å²) in [4.78, 5) is 27.5. The number of nitro groups is 1. The number of thiazole rings is 1. The van der Waals surface area contributed by atoms with Crippen molar-refractivity contribution in [2.45, 2.75) is 6.92 Å². The number of hydrogen-bond acceptors (Lipinski definition) is 8. The van der Waals surface area contributed by atoms with Gasteiger partial charge in [0.2, 0.25) is 5.06 Å². The average molecular weight is 486 g/mol. The first-order chi connectivity index (χ1) is 15.9. The van der Waals surface area contributed by atoms with Crippen molar-refractivity contribution in [2.24, 2.45) is 0 Å². The molecule has 168 valence electrons. The second kappa shape index (κ2) is 9.76. The van der Waals surface area contributed by atoms with Crippen molar-refractivity contribution in [3.63, 3.8) is 0 Å². The standard InChI is InChI=1S/C22H16FN3O5S2/c1-2-30-14-9-7-13(8-10-14)19-21(31-16-6-4-3-5-15(16)23)33-22(24-19)25-20(27)17-11-12-18(32-17)26(28)29/h3-12H,2H2,1H3,(H,24,25,27). The first kappa shape index (κ1) is 22.4. The number of thiophene rings is 1. The van der Waals surface area contributed by atoms with Gasteiger partial charge in [0.15, 0.2) is 16.7 Å². The Hall–Kier alpha value is -3.83. The van der Waals surface area contributed by atoms with E-state index in [1.807, 2.05) is 6.92 Å². The topological polar surface area (TPSA) is 104 Å². The molecule has 4 aromatic rings.